The molecule has 2 unspecified atom stereocenters. The van der Waals surface area contributed by atoms with Crippen LogP contribution in [0.1, 0.15) is 11.8 Å². The molecule has 1 aliphatic heterocycles. The minimum atomic E-state index is 0.360. The second-order valence-corrected chi connectivity index (χ2v) is 5.98. The Kier molecular flexibility index (Phi) is 3.27. The number of hydrogen-bond donors (Lipinski definition) is 1. The molecule has 1 aliphatic rings. The van der Waals surface area contributed by atoms with E-state index in [0.29, 0.717) is 12.0 Å². The lowest BCUT2D eigenvalue weighted by Gasteiger charge is -2.13. The van der Waals surface area contributed by atoms with Crippen molar-refractivity contribution in [2.24, 2.45) is 11.7 Å². The molecule has 0 aromatic carbocycles. The van der Waals surface area contributed by atoms with E-state index in [1.165, 1.54) is 9.35 Å². The van der Waals surface area contributed by atoms with Gasteiger partial charge >= 0.3 is 0 Å². The number of halogens is 1. The Labute approximate surface area is 97.2 Å². The molecule has 0 radical (unpaired) electrons. The van der Waals surface area contributed by atoms with Crippen molar-refractivity contribution < 1.29 is 0 Å². The Morgan fingerprint density at radius 3 is 2.93 bits per heavy atom. The van der Waals surface area contributed by atoms with Gasteiger partial charge in [-0.05, 0) is 27.9 Å². The van der Waals surface area contributed by atoms with E-state index in [9.17, 15) is 0 Å². The van der Waals surface area contributed by atoms with Crippen LogP contribution in [0.5, 0.6) is 0 Å². The third kappa shape index (κ3) is 2.37. The Morgan fingerprint density at radius 1 is 1.64 bits per heavy atom. The Morgan fingerprint density at radius 2 is 2.43 bits per heavy atom. The highest BCUT2D eigenvalue weighted by atomic mass is 79.9. The molecule has 4 heteroatoms. The molecule has 2 rings (SSSR count). The molecule has 78 valence electrons. The Hall–Kier alpha value is 0.1000. The summed E-state index contributed by atoms with van der Waals surface area (Å²) in [6.07, 6.45) is 0. The molecule has 0 spiro atoms. The Bertz CT molecular complexity index is 303. The van der Waals surface area contributed by atoms with E-state index in [1.54, 1.807) is 0 Å². The van der Waals surface area contributed by atoms with E-state index in [0.717, 1.165) is 19.6 Å². The second kappa shape index (κ2) is 4.31. The SMILES string of the molecule is CC1CN(Cc2cc(Br)cs2)CC1N. The van der Waals surface area contributed by atoms with Crippen LogP contribution in [-0.4, -0.2) is 24.0 Å². The molecule has 2 atom stereocenters. The van der Waals surface area contributed by atoms with Gasteiger partial charge in [0.15, 0.2) is 0 Å². The lowest BCUT2D eigenvalue weighted by molar-refractivity contribution is 0.322. The highest BCUT2D eigenvalue weighted by Crippen LogP contribution is 2.23. The van der Waals surface area contributed by atoms with Crippen molar-refractivity contribution in [3.05, 3.63) is 20.8 Å². The van der Waals surface area contributed by atoms with Crippen molar-refractivity contribution in [3.63, 3.8) is 0 Å². The van der Waals surface area contributed by atoms with E-state index < -0.39 is 0 Å². The summed E-state index contributed by atoms with van der Waals surface area (Å²) in [5.41, 5.74) is 5.98. The van der Waals surface area contributed by atoms with Crippen LogP contribution in [0.15, 0.2) is 15.9 Å². The van der Waals surface area contributed by atoms with Gasteiger partial charge in [-0.25, -0.2) is 0 Å². The first kappa shape index (κ1) is 10.6. The number of nitrogens with zero attached hydrogens (tertiary/aromatic N) is 1. The molecule has 0 saturated carbocycles. The molecule has 1 saturated heterocycles. The molecule has 1 fully saturated rings. The zero-order chi connectivity index (χ0) is 10.1. The molecular weight excluding hydrogens is 260 g/mol. The minimum absolute atomic E-state index is 0.360. The van der Waals surface area contributed by atoms with Gasteiger partial charge in [-0.15, -0.1) is 11.3 Å². The van der Waals surface area contributed by atoms with Gasteiger partial charge in [0.25, 0.3) is 0 Å². The van der Waals surface area contributed by atoms with Crippen molar-refractivity contribution in [2.45, 2.75) is 19.5 Å². The Balaban J connectivity index is 1.93. The lowest BCUT2D eigenvalue weighted by atomic mass is 10.1. The maximum absolute atomic E-state index is 5.98. The van der Waals surface area contributed by atoms with Gasteiger partial charge in [0.1, 0.15) is 0 Å². The largest absolute Gasteiger partial charge is 0.326 e. The summed E-state index contributed by atoms with van der Waals surface area (Å²) in [4.78, 5) is 3.85. The summed E-state index contributed by atoms with van der Waals surface area (Å²) in [6.45, 7) is 5.46. The number of nitrogens with two attached hydrogens (primary N) is 1. The van der Waals surface area contributed by atoms with Crippen LogP contribution in [-0.2, 0) is 6.54 Å². The van der Waals surface area contributed by atoms with Gasteiger partial charge in [-0.2, -0.15) is 0 Å². The molecule has 1 aromatic heterocycles. The number of likely N-dealkylation sites (tertiary alicyclic amines) is 1. The highest BCUT2D eigenvalue weighted by Gasteiger charge is 2.26. The maximum atomic E-state index is 5.98. The quantitative estimate of drug-likeness (QED) is 0.897. The predicted molar refractivity (Wildman–Crippen MR) is 64.4 cm³/mol. The molecule has 2 nitrogen and oxygen atoms in total. The van der Waals surface area contributed by atoms with Crippen molar-refractivity contribution in [1.29, 1.82) is 0 Å². The molecule has 14 heavy (non-hydrogen) atoms. The fourth-order valence-electron chi connectivity index (χ4n) is 1.88. The first-order valence-corrected chi connectivity index (χ1v) is 6.53. The van der Waals surface area contributed by atoms with Crippen LogP contribution in [0, 0.1) is 5.92 Å². The third-order valence-electron chi connectivity index (χ3n) is 2.75. The number of thiophene rings is 1. The summed E-state index contributed by atoms with van der Waals surface area (Å²) < 4.78 is 1.19. The molecule has 2 heterocycles. The summed E-state index contributed by atoms with van der Waals surface area (Å²) in [6, 6.07) is 2.55. The summed E-state index contributed by atoms with van der Waals surface area (Å²) in [5.74, 6) is 0.637. The third-order valence-corrected chi connectivity index (χ3v) is 4.43. The van der Waals surface area contributed by atoms with E-state index in [-0.39, 0.29) is 0 Å². The standard InChI is InChI=1S/C10H15BrN2S/c1-7-3-13(5-10(7)12)4-9-2-8(11)6-14-9/h2,6-7,10H,3-5,12H2,1H3. The van der Waals surface area contributed by atoms with Crippen LogP contribution in [0.3, 0.4) is 0 Å². The van der Waals surface area contributed by atoms with Gasteiger partial charge in [0.05, 0.1) is 0 Å². The molecule has 2 N–H and O–H groups in total. The zero-order valence-corrected chi connectivity index (χ0v) is 10.6. The van der Waals surface area contributed by atoms with Gasteiger partial charge < -0.3 is 5.73 Å². The number of hydrogen-bond acceptors (Lipinski definition) is 3. The number of rotatable bonds is 2. The van der Waals surface area contributed by atoms with E-state index >= 15 is 0 Å². The van der Waals surface area contributed by atoms with E-state index in [4.69, 9.17) is 5.73 Å². The summed E-state index contributed by atoms with van der Waals surface area (Å²) >= 11 is 5.28. The average Bonchev–Trinajstić information content (AvgIpc) is 2.62. The first-order chi connectivity index (χ1) is 6.65. The van der Waals surface area contributed by atoms with Crippen LogP contribution in [0.4, 0.5) is 0 Å². The van der Waals surface area contributed by atoms with Crippen LogP contribution in [0.25, 0.3) is 0 Å². The predicted octanol–water partition coefficient (Wildman–Crippen LogP) is 2.29. The minimum Gasteiger partial charge on any atom is -0.326 e. The average molecular weight is 275 g/mol. The van der Waals surface area contributed by atoms with Crippen LogP contribution >= 0.6 is 27.3 Å². The van der Waals surface area contributed by atoms with Crippen molar-refractivity contribution in [2.75, 3.05) is 13.1 Å². The highest BCUT2D eigenvalue weighted by molar-refractivity contribution is 9.10. The monoisotopic (exact) mass is 274 g/mol. The zero-order valence-electron chi connectivity index (χ0n) is 8.24. The summed E-state index contributed by atoms with van der Waals surface area (Å²) in [5, 5.41) is 2.13. The van der Waals surface area contributed by atoms with Crippen LogP contribution in [0.2, 0.25) is 0 Å². The van der Waals surface area contributed by atoms with Crippen molar-refractivity contribution in [3.8, 4) is 0 Å². The molecule has 1 aromatic rings. The lowest BCUT2D eigenvalue weighted by Crippen LogP contribution is -2.28. The molecule has 0 amide bonds. The van der Waals surface area contributed by atoms with Gasteiger partial charge in [-0.3, -0.25) is 4.90 Å². The van der Waals surface area contributed by atoms with Crippen LogP contribution < -0.4 is 5.73 Å². The fourth-order valence-corrected chi connectivity index (χ4v) is 3.37. The fraction of sp³-hybridized carbons (Fsp3) is 0.600. The summed E-state index contributed by atoms with van der Waals surface area (Å²) in [7, 11) is 0. The maximum Gasteiger partial charge on any atom is 0.0329 e. The van der Waals surface area contributed by atoms with Gasteiger partial charge in [-0.1, -0.05) is 6.92 Å². The normalized spacial score (nSPS) is 28.5. The van der Waals surface area contributed by atoms with Crippen molar-refractivity contribution in [1.82, 2.24) is 4.90 Å². The smallest absolute Gasteiger partial charge is 0.0329 e. The molecule has 0 aliphatic carbocycles. The topological polar surface area (TPSA) is 29.3 Å². The molecule has 0 bridgehead atoms. The van der Waals surface area contributed by atoms with E-state index in [2.05, 4.69) is 39.2 Å². The van der Waals surface area contributed by atoms with E-state index in [1.807, 2.05) is 11.3 Å². The van der Waals surface area contributed by atoms with Gasteiger partial charge in [0, 0.05) is 40.4 Å². The molecular formula is C10H15BrN2S. The second-order valence-electron chi connectivity index (χ2n) is 4.07. The van der Waals surface area contributed by atoms with Crippen molar-refractivity contribution >= 4 is 27.3 Å². The first-order valence-electron chi connectivity index (χ1n) is 4.86. The van der Waals surface area contributed by atoms with Gasteiger partial charge in [0.2, 0.25) is 0 Å².